The molecule has 0 bridgehead atoms. The van der Waals surface area contributed by atoms with Crippen LogP contribution in [0.2, 0.25) is 0 Å². The summed E-state index contributed by atoms with van der Waals surface area (Å²) < 4.78 is 73.5. The van der Waals surface area contributed by atoms with E-state index in [1.165, 1.54) is 36.4 Å². The van der Waals surface area contributed by atoms with E-state index in [1.54, 1.807) is 31.1 Å². The highest BCUT2D eigenvalue weighted by Gasteiger charge is 2.31. The molecule has 0 aromatic heterocycles. The number of hydrogen-bond donors (Lipinski definition) is 1. The number of likely N-dealkylation sites (N-methyl/N-ethyl adjacent to an activating group) is 1. The highest BCUT2D eigenvalue weighted by Crippen LogP contribution is 2.31. The third kappa shape index (κ3) is 6.32. The Bertz CT molecular complexity index is 1130. The first kappa shape index (κ1) is 23.8. The molecule has 0 spiro atoms. The second-order valence-corrected chi connectivity index (χ2v) is 9.16. The SMILES string of the molecule is CN(C)C[C@H](NS(=O)(=O)c1ccc(Oc2ccccc2)cc1)c1cccc(C(F)(F)F)c1. The quantitative estimate of drug-likeness (QED) is 0.505. The van der Waals surface area contributed by atoms with Gasteiger partial charge in [0.25, 0.3) is 0 Å². The minimum atomic E-state index is -4.52. The lowest BCUT2D eigenvalue weighted by Crippen LogP contribution is -2.35. The minimum Gasteiger partial charge on any atom is -0.457 e. The van der Waals surface area contributed by atoms with Crippen LogP contribution in [-0.4, -0.2) is 34.0 Å². The van der Waals surface area contributed by atoms with Crippen molar-refractivity contribution in [1.82, 2.24) is 9.62 Å². The molecule has 0 aliphatic rings. The summed E-state index contributed by atoms with van der Waals surface area (Å²) in [6, 6.07) is 18.6. The van der Waals surface area contributed by atoms with Crippen LogP contribution in [0.25, 0.3) is 0 Å². The number of para-hydroxylation sites is 1. The van der Waals surface area contributed by atoms with Gasteiger partial charge in [0, 0.05) is 6.54 Å². The predicted octanol–water partition coefficient (Wildman–Crippen LogP) is 5.08. The Balaban J connectivity index is 1.83. The number of alkyl halides is 3. The fraction of sp³-hybridized carbons (Fsp3) is 0.217. The summed E-state index contributed by atoms with van der Waals surface area (Å²) in [5.41, 5.74) is -0.610. The van der Waals surface area contributed by atoms with Gasteiger partial charge in [0.05, 0.1) is 16.5 Å². The molecule has 5 nitrogen and oxygen atoms in total. The van der Waals surface area contributed by atoms with Crippen molar-refractivity contribution in [3.05, 3.63) is 90.0 Å². The topological polar surface area (TPSA) is 58.6 Å². The first-order valence-corrected chi connectivity index (χ1v) is 11.2. The maximum Gasteiger partial charge on any atom is 0.416 e. The van der Waals surface area contributed by atoms with Crippen LogP contribution in [0.15, 0.2) is 83.8 Å². The van der Waals surface area contributed by atoms with Crippen molar-refractivity contribution >= 4 is 10.0 Å². The van der Waals surface area contributed by atoms with E-state index in [4.69, 9.17) is 4.74 Å². The van der Waals surface area contributed by atoms with Gasteiger partial charge in [0.2, 0.25) is 10.0 Å². The maximum atomic E-state index is 13.1. The largest absolute Gasteiger partial charge is 0.457 e. The fourth-order valence-electron chi connectivity index (χ4n) is 3.07. The molecule has 3 aromatic carbocycles. The van der Waals surface area contributed by atoms with E-state index in [0.29, 0.717) is 11.5 Å². The lowest BCUT2D eigenvalue weighted by atomic mass is 10.0. The van der Waals surface area contributed by atoms with Gasteiger partial charge in [-0.2, -0.15) is 13.2 Å². The van der Waals surface area contributed by atoms with Crippen LogP contribution in [0.1, 0.15) is 17.2 Å². The van der Waals surface area contributed by atoms with E-state index >= 15 is 0 Å². The third-order valence-corrected chi connectivity index (χ3v) is 6.06. The molecule has 3 aromatic rings. The summed E-state index contributed by atoms with van der Waals surface area (Å²) in [4.78, 5) is 1.68. The summed E-state index contributed by atoms with van der Waals surface area (Å²) in [5.74, 6) is 1.06. The van der Waals surface area contributed by atoms with E-state index in [-0.39, 0.29) is 17.0 Å². The monoisotopic (exact) mass is 464 g/mol. The second kappa shape index (κ2) is 9.72. The number of nitrogens with one attached hydrogen (secondary N) is 1. The Morgan fingerprint density at radius 2 is 1.53 bits per heavy atom. The number of benzene rings is 3. The Morgan fingerprint density at radius 3 is 2.12 bits per heavy atom. The van der Waals surface area contributed by atoms with Crippen LogP contribution in [-0.2, 0) is 16.2 Å². The van der Waals surface area contributed by atoms with E-state index in [9.17, 15) is 21.6 Å². The zero-order valence-electron chi connectivity index (χ0n) is 17.5. The average molecular weight is 465 g/mol. The molecular formula is C23H23F3N2O3S. The molecule has 0 radical (unpaired) electrons. The lowest BCUT2D eigenvalue weighted by molar-refractivity contribution is -0.137. The normalized spacial score (nSPS) is 13.2. The zero-order valence-corrected chi connectivity index (χ0v) is 18.3. The van der Waals surface area contributed by atoms with Crippen molar-refractivity contribution in [2.75, 3.05) is 20.6 Å². The van der Waals surface area contributed by atoms with Crippen LogP contribution in [0.5, 0.6) is 11.5 Å². The smallest absolute Gasteiger partial charge is 0.416 e. The molecule has 0 aliphatic carbocycles. The molecule has 0 saturated heterocycles. The molecule has 170 valence electrons. The van der Waals surface area contributed by atoms with Gasteiger partial charge in [-0.25, -0.2) is 13.1 Å². The summed E-state index contributed by atoms with van der Waals surface area (Å²) in [5, 5.41) is 0. The first-order chi connectivity index (χ1) is 15.0. The summed E-state index contributed by atoms with van der Waals surface area (Å²) >= 11 is 0. The number of rotatable bonds is 8. The van der Waals surface area contributed by atoms with Gasteiger partial charge in [-0.05, 0) is 68.2 Å². The molecule has 3 rings (SSSR count). The number of sulfonamides is 1. The van der Waals surface area contributed by atoms with E-state index in [1.807, 2.05) is 18.2 Å². The Morgan fingerprint density at radius 1 is 0.906 bits per heavy atom. The average Bonchev–Trinajstić information content (AvgIpc) is 2.73. The van der Waals surface area contributed by atoms with Crippen molar-refractivity contribution < 1.29 is 26.3 Å². The summed E-state index contributed by atoms with van der Waals surface area (Å²) in [6.07, 6.45) is -4.52. The standard InChI is InChI=1S/C23H23F3N2O3S/c1-28(2)16-22(17-7-6-8-18(15-17)23(24,25)26)27-32(29,30)21-13-11-20(12-14-21)31-19-9-4-3-5-10-19/h3-15,22,27H,16H2,1-2H3/t22-/m0/s1. The molecular weight excluding hydrogens is 441 g/mol. The first-order valence-electron chi connectivity index (χ1n) is 9.72. The van der Waals surface area contributed by atoms with E-state index in [2.05, 4.69) is 4.72 Å². The van der Waals surface area contributed by atoms with Gasteiger partial charge < -0.3 is 9.64 Å². The Kier molecular flexibility index (Phi) is 7.22. The molecule has 1 N–H and O–H groups in total. The molecule has 1 atom stereocenters. The molecule has 0 amide bonds. The number of halogens is 3. The van der Waals surface area contributed by atoms with Crippen LogP contribution in [0.4, 0.5) is 13.2 Å². The molecule has 0 unspecified atom stereocenters. The van der Waals surface area contributed by atoms with Gasteiger partial charge in [-0.1, -0.05) is 30.3 Å². The molecule has 0 aliphatic heterocycles. The zero-order chi connectivity index (χ0) is 23.4. The molecule has 0 fully saturated rings. The van der Waals surface area contributed by atoms with Crippen molar-refractivity contribution in [3.63, 3.8) is 0 Å². The van der Waals surface area contributed by atoms with Gasteiger partial charge >= 0.3 is 6.18 Å². The van der Waals surface area contributed by atoms with Gasteiger partial charge in [0.1, 0.15) is 11.5 Å². The number of ether oxygens (including phenoxy) is 1. The Labute approximate surface area is 185 Å². The highest BCUT2D eigenvalue weighted by atomic mass is 32.2. The van der Waals surface area contributed by atoms with Crippen molar-refractivity contribution in [2.24, 2.45) is 0 Å². The highest BCUT2D eigenvalue weighted by molar-refractivity contribution is 7.89. The second-order valence-electron chi connectivity index (χ2n) is 7.45. The molecule has 0 heterocycles. The third-order valence-electron chi connectivity index (χ3n) is 4.57. The van der Waals surface area contributed by atoms with Crippen molar-refractivity contribution in [2.45, 2.75) is 17.1 Å². The lowest BCUT2D eigenvalue weighted by Gasteiger charge is -2.23. The van der Waals surface area contributed by atoms with Crippen LogP contribution >= 0.6 is 0 Å². The van der Waals surface area contributed by atoms with Gasteiger partial charge in [-0.15, -0.1) is 0 Å². The van der Waals surface area contributed by atoms with Crippen LogP contribution in [0.3, 0.4) is 0 Å². The fourth-order valence-corrected chi connectivity index (χ4v) is 4.29. The minimum absolute atomic E-state index is 0.0198. The van der Waals surface area contributed by atoms with Gasteiger partial charge in [-0.3, -0.25) is 0 Å². The Hall–Kier alpha value is -2.88. The summed E-state index contributed by atoms with van der Waals surface area (Å²) in [7, 11) is -0.579. The van der Waals surface area contributed by atoms with Crippen molar-refractivity contribution in [3.8, 4) is 11.5 Å². The van der Waals surface area contributed by atoms with Crippen LogP contribution in [0, 0.1) is 0 Å². The molecule has 32 heavy (non-hydrogen) atoms. The van der Waals surface area contributed by atoms with Gasteiger partial charge in [0.15, 0.2) is 0 Å². The maximum absolute atomic E-state index is 13.1. The summed E-state index contributed by atoms with van der Waals surface area (Å²) in [6.45, 7) is 0.176. The van der Waals surface area contributed by atoms with E-state index in [0.717, 1.165) is 12.1 Å². The van der Waals surface area contributed by atoms with E-state index < -0.39 is 27.8 Å². The predicted molar refractivity (Wildman–Crippen MR) is 116 cm³/mol. The molecule has 0 saturated carbocycles. The number of nitrogens with zero attached hydrogens (tertiary/aromatic N) is 1. The van der Waals surface area contributed by atoms with Crippen LogP contribution < -0.4 is 9.46 Å². The molecule has 9 heteroatoms. The van der Waals surface area contributed by atoms with Crippen molar-refractivity contribution in [1.29, 1.82) is 0 Å². The number of hydrogen-bond acceptors (Lipinski definition) is 4.